The van der Waals surface area contributed by atoms with Gasteiger partial charge in [0.05, 0.1) is 18.5 Å². The van der Waals surface area contributed by atoms with Crippen LogP contribution in [0.1, 0.15) is 16.8 Å². The molecule has 0 bridgehead atoms. The quantitative estimate of drug-likeness (QED) is 0.707. The van der Waals surface area contributed by atoms with Crippen molar-refractivity contribution in [2.24, 2.45) is 0 Å². The van der Waals surface area contributed by atoms with Gasteiger partial charge in [-0.25, -0.2) is 0 Å². The van der Waals surface area contributed by atoms with E-state index in [1.807, 2.05) is 41.3 Å². The second kappa shape index (κ2) is 5.72. The molecule has 0 radical (unpaired) electrons. The molecule has 27 heavy (non-hydrogen) atoms. The lowest BCUT2D eigenvalue weighted by molar-refractivity contribution is -0.123. The highest BCUT2D eigenvalue weighted by Crippen LogP contribution is 2.47. The van der Waals surface area contributed by atoms with Gasteiger partial charge < -0.3 is 14.6 Å². The fourth-order valence-electron chi connectivity index (χ4n) is 4.57. The Morgan fingerprint density at radius 3 is 2.96 bits per heavy atom. The lowest BCUT2D eigenvalue weighted by atomic mass is 9.82. The van der Waals surface area contributed by atoms with Gasteiger partial charge >= 0.3 is 0 Å². The molecule has 0 aliphatic carbocycles. The number of carbonyl (C=O) groups excluding carboxylic acids is 1. The van der Waals surface area contributed by atoms with Crippen LogP contribution >= 0.6 is 0 Å². The van der Waals surface area contributed by atoms with E-state index in [9.17, 15) is 4.79 Å². The van der Waals surface area contributed by atoms with Crippen molar-refractivity contribution < 1.29 is 9.53 Å². The van der Waals surface area contributed by atoms with Crippen molar-refractivity contribution in [3.8, 4) is 5.75 Å². The number of hydrogen-bond acceptors (Lipinski definition) is 3. The summed E-state index contributed by atoms with van der Waals surface area (Å²) in [5.41, 5.74) is 4.22. The number of fused-ring (bicyclic) bond motifs is 6. The number of anilines is 1. The van der Waals surface area contributed by atoms with E-state index in [-0.39, 0.29) is 5.91 Å². The van der Waals surface area contributed by atoms with E-state index < -0.39 is 5.54 Å². The monoisotopic (exact) mass is 359 g/mol. The molecular weight excluding hydrogens is 338 g/mol. The fraction of sp³-hybridized carbons (Fsp3) is 0.227. The van der Waals surface area contributed by atoms with Gasteiger partial charge in [0.1, 0.15) is 5.75 Å². The van der Waals surface area contributed by atoms with E-state index in [2.05, 4.69) is 22.9 Å². The molecule has 0 saturated heterocycles. The molecule has 136 valence electrons. The number of methoxy groups -OCH3 is 1. The summed E-state index contributed by atoms with van der Waals surface area (Å²) in [6.07, 6.45) is 2.63. The van der Waals surface area contributed by atoms with Crippen LogP contribution in [0.2, 0.25) is 0 Å². The van der Waals surface area contributed by atoms with Crippen molar-refractivity contribution in [2.75, 3.05) is 25.1 Å². The molecule has 1 aromatic heterocycles. The lowest BCUT2D eigenvalue weighted by Gasteiger charge is -2.34. The maximum atomic E-state index is 13.7. The first-order valence-electron chi connectivity index (χ1n) is 9.17. The summed E-state index contributed by atoms with van der Waals surface area (Å²) in [4.78, 5) is 19.0. The van der Waals surface area contributed by atoms with Gasteiger partial charge in [0, 0.05) is 29.6 Å². The van der Waals surface area contributed by atoms with Crippen LogP contribution in [0.3, 0.4) is 0 Å². The van der Waals surface area contributed by atoms with Crippen LogP contribution in [-0.4, -0.2) is 31.1 Å². The first-order valence-corrected chi connectivity index (χ1v) is 9.17. The third-order valence-electron chi connectivity index (χ3n) is 5.73. The van der Waals surface area contributed by atoms with Crippen LogP contribution in [0.15, 0.2) is 55.1 Å². The first-order chi connectivity index (χ1) is 13.2. The van der Waals surface area contributed by atoms with Gasteiger partial charge in [-0.2, -0.15) is 0 Å². The van der Waals surface area contributed by atoms with Crippen LogP contribution < -0.4 is 15.0 Å². The SMILES string of the molecule is C=CCN1C(=O)[C@]2(NCCc3c2[nH]c2ccc(OC)cc32)c2ccccc21. The van der Waals surface area contributed by atoms with E-state index >= 15 is 0 Å². The molecule has 3 aromatic rings. The van der Waals surface area contributed by atoms with Gasteiger partial charge in [0.15, 0.2) is 5.54 Å². The molecule has 0 saturated carbocycles. The number of benzene rings is 2. The molecule has 0 unspecified atom stereocenters. The minimum Gasteiger partial charge on any atom is -0.497 e. The molecular formula is C22H21N3O2. The number of hydrogen-bond donors (Lipinski definition) is 2. The average Bonchev–Trinajstić information content (AvgIpc) is 3.19. The Morgan fingerprint density at radius 1 is 1.30 bits per heavy atom. The minimum absolute atomic E-state index is 0.0445. The number of aromatic nitrogens is 1. The Hall–Kier alpha value is -3.05. The van der Waals surface area contributed by atoms with Gasteiger partial charge in [0.25, 0.3) is 5.91 Å². The van der Waals surface area contributed by atoms with Crippen molar-refractivity contribution in [2.45, 2.75) is 12.0 Å². The van der Waals surface area contributed by atoms with Crippen LogP contribution in [0, 0.1) is 0 Å². The normalized spacial score (nSPS) is 20.8. The molecule has 5 rings (SSSR count). The Balaban J connectivity index is 1.80. The maximum Gasteiger partial charge on any atom is 0.258 e. The summed E-state index contributed by atoms with van der Waals surface area (Å²) >= 11 is 0. The van der Waals surface area contributed by atoms with Crippen molar-refractivity contribution in [3.05, 3.63) is 71.9 Å². The Labute approximate surface area is 157 Å². The maximum absolute atomic E-state index is 13.7. The zero-order valence-corrected chi connectivity index (χ0v) is 15.2. The van der Waals surface area contributed by atoms with Gasteiger partial charge in [-0.3, -0.25) is 10.1 Å². The van der Waals surface area contributed by atoms with Crippen molar-refractivity contribution >= 4 is 22.5 Å². The Bertz CT molecular complexity index is 1080. The molecule has 2 aliphatic rings. The molecule has 2 aromatic carbocycles. The van der Waals surface area contributed by atoms with E-state index in [1.165, 1.54) is 5.56 Å². The number of para-hydroxylation sites is 1. The van der Waals surface area contributed by atoms with Crippen LogP contribution in [0.5, 0.6) is 5.75 Å². The van der Waals surface area contributed by atoms with E-state index in [0.29, 0.717) is 6.54 Å². The van der Waals surface area contributed by atoms with Gasteiger partial charge in [-0.1, -0.05) is 24.3 Å². The number of nitrogens with zero attached hydrogens (tertiary/aromatic N) is 1. The number of rotatable bonds is 3. The molecule has 3 heterocycles. The zero-order valence-electron chi connectivity index (χ0n) is 15.2. The van der Waals surface area contributed by atoms with Gasteiger partial charge in [-0.05, 0) is 36.2 Å². The summed E-state index contributed by atoms with van der Waals surface area (Å²) in [6, 6.07) is 14.0. The zero-order chi connectivity index (χ0) is 18.6. The highest BCUT2D eigenvalue weighted by molar-refractivity contribution is 6.11. The van der Waals surface area contributed by atoms with Gasteiger partial charge in [0.2, 0.25) is 0 Å². The van der Waals surface area contributed by atoms with E-state index in [0.717, 1.165) is 46.6 Å². The third-order valence-corrected chi connectivity index (χ3v) is 5.73. The topological polar surface area (TPSA) is 57.4 Å². The van der Waals surface area contributed by atoms with Crippen LogP contribution in [-0.2, 0) is 16.8 Å². The van der Waals surface area contributed by atoms with E-state index in [4.69, 9.17) is 4.74 Å². The number of carbonyl (C=O) groups is 1. The van der Waals surface area contributed by atoms with Crippen molar-refractivity contribution in [1.29, 1.82) is 0 Å². The smallest absolute Gasteiger partial charge is 0.258 e. The second-order valence-electron chi connectivity index (χ2n) is 7.04. The molecule has 5 heteroatoms. The number of nitrogens with one attached hydrogen (secondary N) is 2. The number of H-pyrrole nitrogens is 1. The summed E-state index contributed by atoms with van der Waals surface area (Å²) < 4.78 is 5.41. The minimum atomic E-state index is -0.876. The third kappa shape index (κ3) is 2.00. The number of ether oxygens (including phenoxy) is 1. The highest BCUT2D eigenvalue weighted by atomic mass is 16.5. The molecule has 0 fully saturated rings. The Kier molecular flexibility index (Phi) is 3.42. The van der Waals surface area contributed by atoms with Crippen molar-refractivity contribution in [3.63, 3.8) is 0 Å². The lowest BCUT2D eigenvalue weighted by Crippen LogP contribution is -2.55. The molecule has 1 amide bonds. The molecule has 1 atom stereocenters. The van der Waals surface area contributed by atoms with Crippen molar-refractivity contribution in [1.82, 2.24) is 10.3 Å². The number of aromatic amines is 1. The summed E-state index contributed by atoms with van der Waals surface area (Å²) in [6.45, 7) is 5.05. The molecule has 5 nitrogen and oxygen atoms in total. The summed E-state index contributed by atoms with van der Waals surface area (Å²) in [7, 11) is 1.67. The summed E-state index contributed by atoms with van der Waals surface area (Å²) in [5.74, 6) is 0.867. The predicted molar refractivity (Wildman–Crippen MR) is 106 cm³/mol. The standard InChI is InChI=1S/C22H21N3O2/c1-3-12-25-19-7-5-4-6-17(19)22(21(25)26)20-15(10-11-23-22)16-13-14(27-2)8-9-18(16)24-20/h3-9,13,23-24H,1,10-12H2,2H3/t22-/m0/s1. The van der Waals surface area contributed by atoms with E-state index in [1.54, 1.807) is 13.2 Å². The Morgan fingerprint density at radius 2 is 2.15 bits per heavy atom. The number of amides is 1. The average molecular weight is 359 g/mol. The molecule has 2 N–H and O–H groups in total. The largest absolute Gasteiger partial charge is 0.497 e. The molecule has 1 spiro atoms. The first kappa shape index (κ1) is 16.1. The van der Waals surface area contributed by atoms with Crippen LogP contribution in [0.25, 0.3) is 10.9 Å². The summed E-state index contributed by atoms with van der Waals surface area (Å²) in [5, 5.41) is 4.67. The second-order valence-corrected chi connectivity index (χ2v) is 7.04. The predicted octanol–water partition coefficient (Wildman–Crippen LogP) is 3.10. The van der Waals surface area contributed by atoms with Crippen LogP contribution in [0.4, 0.5) is 5.69 Å². The highest BCUT2D eigenvalue weighted by Gasteiger charge is 2.54. The van der Waals surface area contributed by atoms with Gasteiger partial charge in [-0.15, -0.1) is 6.58 Å². The fourth-order valence-corrected chi connectivity index (χ4v) is 4.57. The molecule has 2 aliphatic heterocycles.